The van der Waals surface area contributed by atoms with Gasteiger partial charge in [0.1, 0.15) is 5.76 Å². The number of carbonyl (C=O) groups is 1. The van der Waals surface area contributed by atoms with E-state index >= 15 is 0 Å². The molecule has 1 aromatic heterocycles. The van der Waals surface area contributed by atoms with Gasteiger partial charge in [0.2, 0.25) is 0 Å². The monoisotopic (exact) mass is 468 g/mol. The van der Waals surface area contributed by atoms with Gasteiger partial charge in [0.15, 0.2) is 0 Å². The summed E-state index contributed by atoms with van der Waals surface area (Å²) in [6, 6.07) is 10.9. The molecule has 2 aromatic rings. The van der Waals surface area contributed by atoms with E-state index in [0.717, 1.165) is 56.5 Å². The van der Waals surface area contributed by atoms with Crippen LogP contribution in [0.2, 0.25) is 0 Å². The fourth-order valence-electron chi connectivity index (χ4n) is 4.06. The molecule has 0 radical (unpaired) electrons. The van der Waals surface area contributed by atoms with E-state index in [9.17, 15) is 13.2 Å². The van der Waals surface area contributed by atoms with Crippen molar-refractivity contribution in [2.45, 2.75) is 58.4 Å². The van der Waals surface area contributed by atoms with Crippen LogP contribution in [-0.2, 0) is 22.5 Å². The molecule has 33 heavy (non-hydrogen) atoms. The fraction of sp³-hybridized carbons (Fsp3) is 0.583. The Labute approximate surface area is 191 Å². The highest BCUT2D eigenvalue weighted by atomic mass is 19.4. The zero-order chi connectivity index (χ0) is 24.0. The van der Waals surface area contributed by atoms with Crippen LogP contribution in [0, 0.1) is 25.7 Å². The Morgan fingerprint density at radius 1 is 1.21 bits per heavy atom. The topological polar surface area (TPSA) is 75.8 Å². The average molecular weight is 469 g/mol. The fourth-order valence-corrected chi connectivity index (χ4v) is 4.06. The molecule has 6 nitrogen and oxygen atoms in total. The van der Waals surface area contributed by atoms with E-state index in [-0.39, 0.29) is 0 Å². The number of aliphatic carboxylic acids is 1. The number of benzene rings is 1. The molecule has 2 aliphatic rings. The number of alkyl halides is 3. The third kappa shape index (κ3) is 7.85. The van der Waals surface area contributed by atoms with Gasteiger partial charge in [-0.05, 0) is 51.0 Å². The third-order valence-electron chi connectivity index (χ3n) is 6.14. The minimum Gasteiger partial charge on any atom is -0.475 e. The minimum atomic E-state index is -5.08. The van der Waals surface area contributed by atoms with Crippen LogP contribution in [0.4, 0.5) is 13.2 Å². The number of likely N-dealkylation sites (tertiary alicyclic amines) is 1. The van der Waals surface area contributed by atoms with Crippen molar-refractivity contribution >= 4 is 5.97 Å². The highest BCUT2D eigenvalue weighted by Gasteiger charge is 2.38. The Kier molecular flexibility index (Phi) is 8.53. The Morgan fingerprint density at radius 2 is 1.88 bits per heavy atom. The lowest BCUT2D eigenvalue weighted by Gasteiger charge is -2.38. The highest BCUT2D eigenvalue weighted by Crippen LogP contribution is 2.32. The number of carboxylic acids is 1. The van der Waals surface area contributed by atoms with Gasteiger partial charge < -0.3 is 14.4 Å². The summed E-state index contributed by atoms with van der Waals surface area (Å²) in [5.74, 6) is -0.431. The molecule has 1 saturated heterocycles. The molecule has 0 amide bonds. The van der Waals surface area contributed by atoms with E-state index in [1.165, 1.54) is 24.0 Å². The number of piperidine rings is 1. The summed E-state index contributed by atoms with van der Waals surface area (Å²) in [6.45, 7) is 8.11. The van der Waals surface area contributed by atoms with Crippen molar-refractivity contribution in [3.8, 4) is 0 Å². The Morgan fingerprint density at radius 3 is 2.42 bits per heavy atom. The lowest BCUT2D eigenvalue weighted by atomic mass is 9.88. The van der Waals surface area contributed by atoms with Crippen LogP contribution in [0.5, 0.6) is 0 Å². The Hall–Kier alpha value is -2.39. The number of hydrogen-bond donors (Lipinski definition) is 1. The van der Waals surface area contributed by atoms with Gasteiger partial charge in [-0.25, -0.2) is 4.79 Å². The van der Waals surface area contributed by atoms with Gasteiger partial charge in [0.05, 0.1) is 11.8 Å². The summed E-state index contributed by atoms with van der Waals surface area (Å²) in [5, 5.41) is 11.2. The molecule has 2 atom stereocenters. The molecule has 4 rings (SSSR count). The summed E-state index contributed by atoms with van der Waals surface area (Å²) in [4.78, 5) is 11.4. The van der Waals surface area contributed by atoms with Gasteiger partial charge in [0, 0.05) is 37.7 Å². The molecular weight excluding hydrogens is 437 g/mol. The van der Waals surface area contributed by atoms with E-state index in [0.29, 0.717) is 12.0 Å². The number of aromatic nitrogens is 1. The van der Waals surface area contributed by atoms with E-state index in [1.807, 2.05) is 13.8 Å². The summed E-state index contributed by atoms with van der Waals surface area (Å²) in [6.07, 6.45) is 0.224. The summed E-state index contributed by atoms with van der Waals surface area (Å²) >= 11 is 0. The summed E-state index contributed by atoms with van der Waals surface area (Å²) in [7, 11) is 0. The third-order valence-corrected chi connectivity index (χ3v) is 6.14. The SMILES string of the molecule is Cc1noc(C)c1CN1CC[C@@H](OCC2CC2)[C@@H](Cc2ccccc2)C1.O=C(O)C(F)(F)F. The van der Waals surface area contributed by atoms with Crippen molar-refractivity contribution in [3.63, 3.8) is 0 Å². The quantitative estimate of drug-likeness (QED) is 0.630. The molecule has 182 valence electrons. The molecule has 2 heterocycles. The molecule has 0 unspecified atom stereocenters. The van der Waals surface area contributed by atoms with Crippen molar-refractivity contribution in [1.82, 2.24) is 10.1 Å². The van der Waals surface area contributed by atoms with E-state index < -0.39 is 12.1 Å². The number of hydrogen-bond acceptors (Lipinski definition) is 5. The van der Waals surface area contributed by atoms with E-state index in [4.69, 9.17) is 19.2 Å². The second kappa shape index (κ2) is 11.2. The maximum atomic E-state index is 10.6. The molecule has 9 heteroatoms. The first-order valence-electron chi connectivity index (χ1n) is 11.2. The van der Waals surface area contributed by atoms with Crippen molar-refractivity contribution in [2.75, 3.05) is 19.7 Å². The van der Waals surface area contributed by atoms with Crippen LogP contribution < -0.4 is 0 Å². The van der Waals surface area contributed by atoms with Crippen molar-refractivity contribution < 1.29 is 32.3 Å². The zero-order valence-electron chi connectivity index (χ0n) is 19.0. The van der Waals surface area contributed by atoms with Gasteiger partial charge in [-0.1, -0.05) is 35.5 Å². The summed E-state index contributed by atoms with van der Waals surface area (Å²) in [5.41, 5.74) is 3.69. The number of halogens is 3. The number of rotatable bonds is 7. The number of ether oxygens (including phenoxy) is 1. The molecule has 1 aliphatic carbocycles. The van der Waals surface area contributed by atoms with Gasteiger partial charge in [-0.2, -0.15) is 13.2 Å². The first-order chi connectivity index (χ1) is 15.6. The smallest absolute Gasteiger partial charge is 0.475 e. The van der Waals surface area contributed by atoms with Crippen molar-refractivity contribution in [3.05, 3.63) is 52.9 Å². The Balaban J connectivity index is 0.000000383. The molecular formula is C24H31F3N2O4. The maximum Gasteiger partial charge on any atom is 0.490 e. The zero-order valence-corrected chi connectivity index (χ0v) is 19.0. The van der Waals surface area contributed by atoms with Crippen molar-refractivity contribution in [1.29, 1.82) is 0 Å². The van der Waals surface area contributed by atoms with Crippen LogP contribution in [0.15, 0.2) is 34.9 Å². The van der Waals surface area contributed by atoms with Gasteiger partial charge in [-0.3, -0.25) is 4.90 Å². The second-order valence-electron chi connectivity index (χ2n) is 8.89. The summed E-state index contributed by atoms with van der Waals surface area (Å²) < 4.78 is 43.5. The molecule has 1 aromatic carbocycles. The van der Waals surface area contributed by atoms with Crippen LogP contribution >= 0.6 is 0 Å². The van der Waals surface area contributed by atoms with Crippen LogP contribution in [0.1, 0.15) is 41.8 Å². The normalized spacial score (nSPS) is 21.4. The van der Waals surface area contributed by atoms with Crippen molar-refractivity contribution in [2.24, 2.45) is 11.8 Å². The largest absolute Gasteiger partial charge is 0.490 e. The predicted molar refractivity (Wildman–Crippen MR) is 116 cm³/mol. The molecule has 1 aliphatic heterocycles. The average Bonchev–Trinajstić information content (AvgIpc) is 3.55. The molecule has 2 fully saturated rings. The van der Waals surface area contributed by atoms with Crippen LogP contribution in [0.3, 0.4) is 0 Å². The lowest BCUT2D eigenvalue weighted by Crippen LogP contribution is -2.45. The van der Waals surface area contributed by atoms with Gasteiger partial charge in [0.25, 0.3) is 0 Å². The Bertz CT molecular complexity index is 877. The minimum absolute atomic E-state index is 0.386. The van der Waals surface area contributed by atoms with Crippen LogP contribution in [0.25, 0.3) is 0 Å². The molecule has 1 N–H and O–H groups in total. The number of aryl methyl sites for hydroxylation is 2. The predicted octanol–water partition coefficient (Wildman–Crippen LogP) is 4.78. The molecule has 0 spiro atoms. The second-order valence-corrected chi connectivity index (χ2v) is 8.89. The number of carboxylic acid groups (broad SMARTS) is 1. The van der Waals surface area contributed by atoms with Gasteiger partial charge in [-0.15, -0.1) is 0 Å². The van der Waals surface area contributed by atoms with E-state index in [1.54, 1.807) is 0 Å². The maximum absolute atomic E-state index is 10.6. The molecule has 0 bridgehead atoms. The van der Waals surface area contributed by atoms with Crippen LogP contribution in [-0.4, -0.2) is 53.1 Å². The van der Waals surface area contributed by atoms with Gasteiger partial charge >= 0.3 is 12.1 Å². The van der Waals surface area contributed by atoms with E-state index in [2.05, 4.69) is 40.4 Å². The highest BCUT2D eigenvalue weighted by molar-refractivity contribution is 5.73. The first-order valence-corrected chi connectivity index (χ1v) is 11.2. The first kappa shape index (κ1) is 25.2. The standard InChI is InChI=1S/C22H30N2O2.C2HF3O2/c1-16-21(17(2)26-23-16)14-24-11-10-22(25-15-19-8-9-19)20(13-24)12-18-6-4-3-5-7-18;3-2(4,5)1(6)7/h3-7,19-20,22H,8-15H2,1-2H3;(H,6,7)/t20-,22+;/m0./s1. The molecule has 1 saturated carbocycles. The number of nitrogens with zero attached hydrogens (tertiary/aromatic N) is 2. The lowest BCUT2D eigenvalue weighted by molar-refractivity contribution is -0.192.